The van der Waals surface area contributed by atoms with Crippen molar-refractivity contribution in [2.24, 2.45) is 0 Å². The fourth-order valence-electron chi connectivity index (χ4n) is 6.63. The molecular formula is C26H48HfN2Si2. The molecule has 0 bridgehead atoms. The molecule has 2 nitrogen and oxygen atoms in total. The van der Waals surface area contributed by atoms with Gasteiger partial charge < -0.3 is 0 Å². The zero-order valence-corrected chi connectivity index (χ0v) is 28.0. The summed E-state index contributed by atoms with van der Waals surface area (Å²) in [7, 11) is -3.31. The molecule has 174 valence electrons. The Kier molecular flexibility index (Phi) is 9.40. The van der Waals surface area contributed by atoms with E-state index >= 15 is 0 Å². The van der Waals surface area contributed by atoms with Crippen molar-refractivity contribution in [1.82, 2.24) is 9.13 Å². The molecule has 2 aliphatic rings. The van der Waals surface area contributed by atoms with Crippen LogP contribution in [0.15, 0.2) is 41.4 Å². The van der Waals surface area contributed by atoms with E-state index in [4.69, 9.17) is 0 Å². The Bertz CT molecular complexity index is 690. The Morgan fingerprint density at radius 3 is 1.16 bits per heavy atom. The third-order valence-corrected chi connectivity index (χ3v) is 22.6. The van der Waals surface area contributed by atoms with Crippen LogP contribution in [0, 0.1) is 0 Å². The van der Waals surface area contributed by atoms with Crippen molar-refractivity contribution >= 4 is 16.5 Å². The molecule has 2 aliphatic carbocycles. The molecule has 0 saturated carbocycles. The summed E-state index contributed by atoms with van der Waals surface area (Å²) in [5.41, 5.74) is 0. The molecule has 2 rings (SSSR count). The molecule has 5 heteroatoms. The van der Waals surface area contributed by atoms with Crippen LogP contribution in [-0.2, 0) is 22.9 Å². The van der Waals surface area contributed by atoms with Gasteiger partial charge in [0.05, 0.1) is 0 Å². The van der Waals surface area contributed by atoms with Gasteiger partial charge in [0.1, 0.15) is 0 Å². The van der Waals surface area contributed by atoms with Crippen LogP contribution in [-0.4, -0.2) is 49.8 Å². The SMILES string of the molecule is CC(C)N(C(C)C)[Si](C)(C)C1=[C]([Hf][C]2=C([Si](C)(C)N(C(C)C)C(C)C)C=CC2)CC=C1. The molecule has 0 spiro atoms. The molecule has 0 amide bonds. The van der Waals surface area contributed by atoms with E-state index in [1.807, 2.05) is 6.66 Å². The fourth-order valence-corrected chi connectivity index (χ4v) is 27.2. The molecule has 0 N–H and O–H groups in total. The van der Waals surface area contributed by atoms with Gasteiger partial charge in [0.15, 0.2) is 0 Å². The molecule has 0 aromatic rings. The molecule has 0 saturated heterocycles. The van der Waals surface area contributed by atoms with Crippen LogP contribution in [0.25, 0.3) is 0 Å². The van der Waals surface area contributed by atoms with E-state index in [1.54, 1.807) is 10.4 Å². The first-order valence-electron chi connectivity index (χ1n) is 12.4. The summed E-state index contributed by atoms with van der Waals surface area (Å²) in [6.07, 6.45) is 12.5. The van der Waals surface area contributed by atoms with Gasteiger partial charge in [-0.3, -0.25) is 0 Å². The zero-order chi connectivity index (χ0) is 23.7. The standard InChI is InChI=1S/2C13H24NSi.Hf/c2*1-11(2)14(12(3)4)15(5,6)13-9-7-8-10-13;/h2*7,9,11-12H,8H2,1-6H3;. The Hall–Kier alpha value is 0.184. The van der Waals surface area contributed by atoms with Crippen molar-refractivity contribution in [2.75, 3.05) is 0 Å². The predicted octanol–water partition coefficient (Wildman–Crippen LogP) is 7.22. The van der Waals surface area contributed by atoms with Crippen LogP contribution in [0.1, 0.15) is 68.2 Å². The summed E-state index contributed by atoms with van der Waals surface area (Å²) in [6, 6.07) is 2.44. The van der Waals surface area contributed by atoms with Crippen LogP contribution in [0.5, 0.6) is 0 Å². The second-order valence-electron chi connectivity index (χ2n) is 11.4. The molecule has 0 aliphatic heterocycles. The van der Waals surface area contributed by atoms with Crippen LogP contribution in [0.4, 0.5) is 0 Å². The van der Waals surface area contributed by atoms with E-state index in [2.05, 4.69) is 115 Å². The predicted molar refractivity (Wildman–Crippen MR) is 141 cm³/mol. The number of nitrogens with zero attached hydrogens (tertiary/aromatic N) is 2. The fraction of sp³-hybridized carbons (Fsp3) is 0.692. The first-order chi connectivity index (χ1) is 14.2. The monoisotopic (exact) mass is 624 g/mol. The molecule has 0 heterocycles. The molecule has 0 atom stereocenters. The zero-order valence-electron chi connectivity index (χ0n) is 22.4. The first-order valence-corrected chi connectivity index (χ1v) is 21.9. The Labute approximate surface area is 207 Å². The Morgan fingerprint density at radius 1 is 0.613 bits per heavy atom. The Morgan fingerprint density at radius 2 is 0.903 bits per heavy atom. The van der Waals surface area contributed by atoms with Gasteiger partial charge >= 0.3 is 208 Å². The van der Waals surface area contributed by atoms with E-state index in [0.29, 0.717) is 24.2 Å². The minimum atomic E-state index is -1.65. The van der Waals surface area contributed by atoms with Gasteiger partial charge in [-0.15, -0.1) is 0 Å². The van der Waals surface area contributed by atoms with Crippen molar-refractivity contribution < 1.29 is 22.9 Å². The van der Waals surface area contributed by atoms with Crippen molar-refractivity contribution in [2.45, 2.75) is 119 Å². The molecule has 0 aromatic heterocycles. The van der Waals surface area contributed by atoms with Crippen LogP contribution in [0.2, 0.25) is 26.2 Å². The number of hydrogen-bond donors (Lipinski definition) is 0. The van der Waals surface area contributed by atoms with Crippen LogP contribution in [0.3, 0.4) is 0 Å². The van der Waals surface area contributed by atoms with Crippen LogP contribution >= 0.6 is 0 Å². The second kappa shape index (κ2) is 10.6. The van der Waals surface area contributed by atoms with Crippen molar-refractivity contribution in [3.05, 3.63) is 41.4 Å². The van der Waals surface area contributed by atoms with Crippen LogP contribution < -0.4 is 0 Å². The van der Waals surface area contributed by atoms with E-state index in [9.17, 15) is 0 Å². The quantitative estimate of drug-likeness (QED) is 0.237. The van der Waals surface area contributed by atoms with E-state index in [-0.39, 0.29) is 0 Å². The van der Waals surface area contributed by atoms with Crippen molar-refractivity contribution in [1.29, 1.82) is 0 Å². The van der Waals surface area contributed by atoms with Gasteiger partial charge in [-0.05, 0) is 0 Å². The third-order valence-electron chi connectivity index (χ3n) is 7.00. The normalized spacial score (nSPS) is 18.0. The van der Waals surface area contributed by atoms with Crippen molar-refractivity contribution in [3.63, 3.8) is 0 Å². The molecule has 0 aromatic carbocycles. The minimum absolute atomic E-state index is 0.609. The summed E-state index contributed by atoms with van der Waals surface area (Å²) in [5.74, 6) is 0. The molecular weight excluding hydrogens is 575 g/mol. The van der Waals surface area contributed by atoms with Gasteiger partial charge in [0.25, 0.3) is 0 Å². The third kappa shape index (κ3) is 5.82. The molecule has 0 fully saturated rings. The average Bonchev–Trinajstić information content (AvgIpc) is 3.22. The Balaban J connectivity index is 2.45. The number of allylic oxidation sites excluding steroid dienone is 8. The van der Waals surface area contributed by atoms with Gasteiger partial charge in [-0.1, -0.05) is 0 Å². The summed E-state index contributed by atoms with van der Waals surface area (Å²) in [4.78, 5) is 0. The topological polar surface area (TPSA) is 6.48 Å². The van der Waals surface area contributed by atoms with Gasteiger partial charge in [-0.2, -0.15) is 0 Å². The van der Waals surface area contributed by atoms with Gasteiger partial charge in [-0.25, -0.2) is 0 Å². The summed E-state index contributed by atoms with van der Waals surface area (Å²) < 4.78 is 9.48. The maximum absolute atomic E-state index is 2.85. The van der Waals surface area contributed by atoms with Gasteiger partial charge in [0.2, 0.25) is 0 Å². The number of rotatable bonds is 10. The molecule has 31 heavy (non-hydrogen) atoms. The summed E-state index contributed by atoms with van der Waals surface area (Å²) >= 11 is -1.03. The average molecular weight is 623 g/mol. The maximum atomic E-state index is 2.85. The van der Waals surface area contributed by atoms with E-state index in [1.165, 1.54) is 12.8 Å². The van der Waals surface area contributed by atoms with E-state index < -0.39 is 39.4 Å². The molecule has 0 unspecified atom stereocenters. The second-order valence-corrected chi connectivity index (χ2v) is 25.0. The first kappa shape index (κ1) is 27.4. The van der Waals surface area contributed by atoms with Crippen molar-refractivity contribution in [3.8, 4) is 0 Å². The summed E-state index contributed by atoms with van der Waals surface area (Å²) in [5, 5.41) is 3.56. The van der Waals surface area contributed by atoms with E-state index in [0.717, 1.165) is 0 Å². The van der Waals surface area contributed by atoms with Gasteiger partial charge in [0, 0.05) is 0 Å². The molecule has 0 radical (unpaired) electrons. The number of hydrogen-bond acceptors (Lipinski definition) is 2. The summed E-state index contributed by atoms with van der Waals surface area (Å²) in [6.45, 7) is 29.5.